The van der Waals surface area contributed by atoms with Crippen molar-refractivity contribution in [2.75, 3.05) is 26.4 Å². The highest BCUT2D eigenvalue weighted by atomic mass is 35.5. The molecule has 6 heteroatoms. The summed E-state index contributed by atoms with van der Waals surface area (Å²) in [6.45, 7) is 5.31. The lowest BCUT2D eigenvalue weighted by molar-refractivity contribution is -0.119. The molecule has 0 bridgehead atoms. The van der Waals surface area contributed by atoms with Crippen molar-refractivity contribution in [1.82, 2.24) is 4.90 Å². The van der Waals surface area contributed by atoms with Crippen LogP contribution in [0.4, 0.5) is 0 Å². The van der Waals surface area contributed by atoms with Crippen molar-refractivity contribution in [2.45, 2.75) is 32.4 Å². The number of benzene rings is 1. The molecule has 0 unspecified atom stereocenters. The topological polar surface area (TPSA) is 64.8 Å². The molecule has 1 atom stereocenters. The lowest BCUT2D eigenvalue weighted by Gasteiger charge is -2.24. The number of hydrogen-bond donors (Lipinski definition) is 1. The molecule has 0 aromatic heterocycles. The maximum atomic E-state index is 10.7. The van der Waals surface area contributed by atoms with Crippen molar-refractivity contribution in [3.8, 4) is 5.75 Å². The number of hydrogen-bond acceptors (Lipinski definition) is 4. The van der Waals surface area contributed by atoms with Gasteiger partial charge >= 0.3 is 0 Å². The molecule has 0 radical (unpaired) electrons. The number of nitrogens with zero attached hydrogens (tertiary/aromatic N) is 1. The summed E-state index contributed by atoms with van der Waals surface area (Å²) in [6.07, 6.45) is 2.37. The van der Waals surface area contributed by atoms with Crippen LogP contribution in [-0.2, 0) is 16.1 Å². The second-order valence-corrected chi connectivity index (χ2v) is 5.85. The zero-order valence-electron chi connectivity index (χ0n) is 12.9. The fourth-order valence-electron chi connectivity index (χ4n) is 2.69. The number of carbonyl (C=O) groups is 1. The van der Waals surface area contributed by atoms with Crippen molar-refractivity contribution in [3.63, 3.8) is 0 Å². The minimum absolute atomic E-state index is 0.165. The van der Waals surface area contributed by atoms with Crippen LogP contribution in [0.5, 0.6) is 5.75 Å². The third-order valence-electron chi connectivity index (χ3n) is 3.77. The van der Waals surface area contributed by atoms with Gasteiger partial charge in [-0.25, -0.2) is 0 Å². The fourth-order valence-corrected chi connectivity index (χ4v) is 2.95. The SMILES string of the molecule is CCOC[C@H]1CCCN1Cc1ccc(OCC(N)=O)c(Cl)c1. The monoisotopic (exact) mass is 326 g/mol. The van der Waals surface area contributed by atoms with E-state index in [4.69, 9.17) is 26.8 Å². The molecule has 1 aromatic rings. The molecular weight excluding hydrogens is 304 g/mol. The number of amides is 1. The number of primary amides is 1. The van der Waals surface area contributed by atoms with Gasteiger partial charge in [-0.2, -0.15) is 0 Å². The van der Waals surface area contributed by atoms with E-state index in [2.05, 4.69) is 4.90 Å². The Hall–Kier alpha value is -1.30. The highest BCUT2D eigenvalue weighted by Crippen LogP contribution is 2.27. The zero-order chi connectivity index (χ0) is 15.9. The van der Waals surface area contributed by atoms with Crippen molar-refractivity contribution < 1.29 is 14.3 Å². The smallest absolute Gasteiger partial charge is 0.255 e. The maximum Gasteiger partial charge on any atom is 0.255 e. The van der Waals surface area contributed by atoms with Crippen LogP contribution in [-0.4, -0.2) is 43.2 Å². The molecule has 1 amide bonds. The Morgan fingerprint density at radius 3 is 3.00 bits per heavy atom. The summed E-state index contributed by atoms with van der Waals surface area (Å²) in [5.74, 6) is -0.0347. The van der Waals surface area contributed by atoms with E-state index < -0.39 is 5.91 Å². The zero-order valence-corrected chi connectivity index (χ0v) is 13.6. The third-order valence-corrected chi connectivity index (χ3v) is 4.06. The first-order valence-corrected chi connectivity index (χ1v) is 7.99. The first kappa shape index (κ1) is 17.1. The molecule has 0 saturated carbocycles. The summed E-state index contributed by atoms with van der Waals surface area (Å²) in [4.78, 5) is 13.2. The highest BCUT2D eigenvalue weighted by molar-refractivity contribution is 6.32. The molecule has 1 aliphatic rings. The predicted octanol–water partition coefficient (Wildman–Crippen LogP) is 2.21. The van der Waals surface area contributed by atoms with Gasteiger partial charge in [0.15, 0.2) is 6.61 Å². The highest BCUT2D eigenvalue weighted by Gasteiger charge is 2.24. The Kier molecular flexibility index (Phi) is 6.49. The van der Waals surface area contributed by atoms with Gasteiger partial charge in [-0.1, -0.05) is 17.7 Å². The normalized spacial score (nSPS) is 18.5. The van der Waals surface area contributed by atoms with Crippen LogP contribution in [0.15, 0.2) is 18.2 Å². The maximum absolute atomic E-state index is 10.7. The summed E-state index contributed by atoms with van der Waals surface area (Å²) < 4.78 is 10.8. The minimum Gasteiger partial charge on any atom is -0.482 e. The average Bonchev–Trinajstić information content (AvgIpc) is 2.91. The summed E-state index contributed by atoms with van der Waals surface area (Å²) >= 11 is 6.20. The van der Waals surface area contributed by atoms with Crippen molar-refractivity contribution in [2.24, 2.45) is 5.73 Å². The van der Waals surface area contributed by atoms with Crippen molar-refractivity contribution >= 4 is 17.5 Å². The summed E-state index contributed by atoms with van der Waals surface area (Å²) in [6, 6.07) is 6.12. The van der Waals surface area contributed by atoms with Crippen molar-refractivity contribution in [1.29, 1.82) is 0 Å². The average molecular weight is 327 g/mol. The van der Waals surface area contributed by atoms with Crippen LogP contribution in [0, 0.1) is 0 Å². The standard InChI is InChI=1S/C16H23ClN2O3/c1-2-21-10-13-4-3-7-19(13)9-12-5-6-15(14(17)8-12)22-11-16(18)20/h5-6,8,13H,2-4,7,9-11H2,1H3,(H2,18,20)/t13-/m1/s1. The molecule has 2 rings (SSSR count). The van der Waals surface area contributed by atoms with Crippen LogP contribution in [0.25, 0.3) is 0 Å². The first-order valence-electron chi connectivity index (χ1n) is 7.61. The van der Waals surface area contributed by atoms with Crippen LogP contribution in [0.1, 0.15) is 25.3 Å². The van der Waals surface area contributed by atoms with E-state index >= 15 is 0 Å². The quantitative estimate of drug-likeness (QED) is 0.795. The largest absolute Gasteiger partial charge is 0.482 e. The molecular formula is C16H23ClN2O3. The number of nitrogens with two attached hydrogens (primary N) is 1. The summed E-state index contributed by atoms with van der Waals surface area (Å²) in [5.41, 5.74) is 6.18. The molecule has 122 valence electrons. The molecule has 1 heterocycles. The van der Waals surface area contributed by atoms with Gasteiger partial charge in [-0.05, 0) is 44.0 Å². The number of ether oxygens (including phenoxy) is 2. The predicted molar refractivity (Wildman–Crippen MR) is 86.1 cm³/mol. The Morgan fingerprint density at radius 1 is 1.50 bits per heavy atom. The van der Waals surface area contributed by atoms with Gasteiger partial charge in [-0.15, -0.1) is 0 Å². The van der Waals surface area contributed by atoms with Gasteiger partial charge in [0, 0.05) is 19.2 Å². The van der Waals surface area contributed by atoms with Gasteiger partial charge in [0.05, 0.1) is 11.6 Å². The Bertz CT molecular complexity index is 510. The van der Waals surface area contributed by atoms with E-state index in [1.807, 2.05) is 19.1 Å². The molecule has 22 heavy (non-hydrogen) atoms. The molecule has 5 nitrogen and oxygen atoms in total. The molecule has 0 aliphatic carbocycles. The van der Waals surface area contributed by atoms with Crippen LogP contribution < -0.4 is 10.5 Å². The van der Waals surface area contributed by atoms with E-state index in [-0.39, 0.29) is 6.61 Å². The van der Waals surface area contributed by atoms with Gasteiger partial charge in [0.1, 0.15) is 5.75 Å². The van der Waals surface area contributed by atoms with Gasteiger partial charge in [0.2, 0.25) is 0 Å². The molecule has 1 fully saturated rings. The summed E-state index contributed by atoms with van der Waals surface area (Å²) in [7, 11) is 0. The summed E-state index contributed by atoms with van der Waals surface area (Å²) in [5, 5.41) is 0.499. The van der Waals surface area contributed by atoms with E-state index in [0.29, 0.717) is 16.8 Å². The Morgan fingerprint density at radius 2 is 2.32 bits per heavy atom. The van der Waals surface area contributed by atoms with E-state index in [9.17, 15) is 4.79 Å². The lowest BCUT2D eigenvalue weighted by atomic mass is 10.2. The second kappa shape index (κ2) is 8.36. The van der Waals surface area contributed by atoms with Crippen molar-refractivity contribution in [3.05, 3.63) is 28.8 Å². The number of halogens is 1. The number of carbonyl (C=O) groups excluding carboxylic acids is 1. The number of rotatable bonds is 8. The van der Waals surface area contributed by atoms with Gasteiger partial charge < -0.3 is 15.2 Å². The van der Waals surface area contributed by atoms with Gasteiger partial charge in [-0.3, -0.25) is 9.69 Å². The molecule has 0 spiro atoms. The molecule has 1 aliphatic heterocycles. The van der Waals surface area contributed by atoms with Crippen LogP contribution in [0.3, 0.4) is 0 Å². The molecule has 2 N–H and O–H groups in total. The lowest BCUT2D eigenvalue weighted by Crippen LogP contribution is -2.32. The van der Waals surface area contributed by atoms with E-state index in [1.54, 1.807) is 6.07 Å². The van der Waals surface area contributed by atoms with Crippen LogP contribution in [0.2, 0.25) is 5.02 Å². The minimum atomic E-state index is -0.518. The Labute approximate surface area is 136 Å². The second-order valence-electron chi connectivity index (χ2n) is 5.45. The Balaban J connectivity index is 1.95. The van der Waals surface area contributed by atoms with Crippen LogP contribution >= 0.6 is 11.6 Å². The molecule has 1 saturated heterocycles. The van der Waals surface area contributed by atoms with E-state index in [1.165, 1.54) is 12.8 Å². The first-order chi connectivity index (χ1) is 10.6. The molecule has 1 aromatic carbocycles. The van der Waals surface area contributed by atoms with Gasteiger partial charge in [0.25, 0.3) is 5.91 Å². The third kappa shape index (κ3) is 4.87. The van der Waals surface area contributed by atoms with E-state index in [0.717, 1.165) is 31.9 Å². The fraction of sp³-hybridized carbons (Fsp3) is 0.562. The number of likely N-dealkylation sites (tertiary alicyclic amines) is 1.